The lowest BCUT2D eigenvalue weighted by Gasteiger charge is -2.30. The summed E-state index contributed by atoms with van der Waals surface area (Å²) in [7, 11) is -1.33. The lowest BCUT2D eigenvalue weighted by molar-refractivity contribution is 0.213. The van der Waals surface area contributed by atoms with Crippen molar-refractivity contribution in [1.82, 2.24) is 0 Å². The van der Waals surface area contributed by atoms with E-state index in [1.807, 2.05) is 0 Å². The normalized spacial score (nSPS) is 13.2. The van der Waals surface area contributed by atoms with Crippen molar-refractivity contribution in [2.75, 3.05) is 6.61 Å². The van der Waals surface area contributed by atoms with E-state index in [4.69, 9.17) is 4.43 Å². The molecule has 0 rings (SSSR count). The van der Waals surface area contributed by atoms with Gasteiger partial charge in [-0.05, 0) is 30.0 Å². The second-order valence-electron chi connectivity index (χ2n) is 5.36. The fraction of sp³-hybridized carbons (Fsp3) is 1.00. The average Bonchev–Trinajstić information content (AvgIpc) is 2.25. The molecule has 0 radical (unpaired) electrons. The summed E-state index contributed by atoms with van der Waals surface area (Å²) < 4.78 is 6.25. The Morgan fingerprint density at radius 2 is 1.40 bits per heavy atom. The van der Waals surface area contributed by atoms with Crippen LogP contribution in [0.1, 0.15) is 54.4 Å². The molecule has 0 aromatic carbocycles. The number of hydrogen-bond donors (Lipinski definition) is 0. The van der Waals surface area contributed by atoms with Gasteiger partial charge in [-0.15, -0.1) is 0 Å². The zero-order chi connectivity index (χ0) is 11.9. The zero-order valence-corrected chi connectivity index (χ0v) is 12.7. The summed E-state index contributed by atoms with van der Waals surface area (Å²) >= 11 is 0. The van der Waals surface area contributed by atoms with Gasteiger partial charge >= 0.3 is 0 Å². The second-order valence-corrected chi connectivity index (χ2v) is 10.1. The number of hydrogen-bond acceptors (Lipinski definition) is 1. The average molecular weight is 230 g/mol. The topological polar surface area (TPSA) is 9.23 Å². The summed E-state index contributed by atoms with van der Waals surface area (Å²) in [4.78, 5) is 0. The Kier molecular flexibility index (Phi) is 6.77. The molecule has 92 valence electrons. The standard InChI is InChI=1S/C13H30OSi/c1-7-13(5,6)11-12-14-15(8-2,9-3)10-4/h7-12H2,1-6H3. The predicted molar refractivity (Wildman–Crippen MR) is 71.8 cm³/mol. The van der Waals surface area contributed by atoms with Gasteiger partial charge in [0.2, 0.25) is 0 Å². The van der Waals surface area contributed by atoms with Crippen molar-refractivity contribution in [2.24, 2.45) is 5.41 Å². The van der Waals surface area contributed by atoms with E-state index in [1.54, 1.807) is 0 Å². The minimum Gasteiger partial charge on any atom is -0.417 e. The van der Waals surface area contributed by atoms with Gasteiger partial charge in [0, 0.05) is 6.61 Å². The van der Waals surface area contributed by atoms with Gasteiger partial charge in [-0.2, -0.15) is 0 Å². The molecular formula is C13H30OSi. The summed E-state index contributed by atoms with van der Waals surface area (Å²) in [6.45, 7) is 14.8. The van der Waals surface area contributed by atoms with E-state index in [-0.39, 0.29) is 0 Å². The first-order valence-corrected chi connectivity index (χ1v) is 9.12. The van der Waals surface area contributed by atoms with Crippen molar-refractivity contribution in [1.29, 1.82) is 0 Å². The third-order valence-electron chi connectivity index (χ3n) is 4.08. The first-order chi connectivity index (χ1) is 6.95. The molecule has 0 amide bonds. The summed E-state index contributed by atoms with van der Waals surface area (Å²) in [5.41, 5.74) is 0.454. The highest BCUT2D eigenvalue weighted by molar-refractivity contribution is 6.73. The van der Waals surface area contributed by atoms with E-state index in [0.717, 1.165) is 6.61 Å². The van der Waals surface area contributed by atoms with Gasteiger partial charge in [-0.25, -0.2) is 0 Å². The van der Waals surface area contributed by atoms with Crippen LogP contribution in [0, 0.1) is 5.41 Å². The first-order valence-electron chi connectivity index (χ1n) is 6.59. The molecular weight excluding hydrogens is 200 g/mol. The van der Waals surface area contributed by atoms with Gasteiger partial charge < -0.3 is 4.43 Å². The molecule has 0 aliphatic rings. The maximum absolute atomic E-state index is 6.25. The van der Waals surface area contributed by atoms with Crippen LogP contribution in [0.4, 0.5) is 0 Å². The number of rotatable bonds is 8. The van der Waals surface area contributed by atoms with Crippen LogP contribution in [0.25, 0.3) is 0 Å². The summed E-state index contributed by atoms with van der Waals surface area (Å²) in [6, 6.07) is 3.81. The van der Waals surface area contributed by atoms with E-state index >= 15 is 0 Å². The molecule has 0 heterocycles. The van der Waals surface area contributed by atoms with Crippen molar-refractivity contribution in [3.8, 4) is 0 Å². The van der Waals surface area contributed by atoms with E-state index in [0.29, 0.717) is 5.41 Å². The van der Waals surface area contributed by atoms with Crippen molar-refractivity contribution >= 4 is 8.32 Å². The fourth-order valence-corrected chi connectivity index (χ4v) is 4.42. The Morgan fingerprint density at radius 3 is 1.73 bits per heavy atom. The molecule has 0 aliphatic carbocycles. The van der Waals surface area contributed by atoms with Crippen LogP contribution in [-0.2, 0) is 4.43 Å². The quantitative estimate of drug-likeness (QED) is 0.542. The molecule has 0 aliphatic heterocycles. The monoisotopic (exact) mass is 230 g/mol. The largest absolute Gasteiger partial charge is 0.417 e. The first kappa shape index (κ1) is 15.2. The predicted octanol–water partition coefficient (Wildman–Crippen LogP) is 4.83. The summed E-state index contributed by atoms with van der Waals surface area (Å²) in [6.07, 6.45) is 2.45. The third-order valence-corrected chi connectivity index (χ3v) is 8.76. The molecule has 1 nitrogen and oxygen atoms in total. The highest BCUT2D eigenvalue weighted by Crippen LogP contribution is 2.27. The second kappa shape index (κ2) is 6.69. The van der Waals surface area contributed by atoms with Crippen LogP contribution < -0.4 is 0 Å². The SMILES string of the molecule is CCC(C)(C)CCO[Si](CC)(CC)CC. The zero-order valence-electron chi connectivity index (χ0n) is 11.7. The molecule has 2 heteroatoms. The molecule has 0 unspecified atom stereocenters. The smallest absolute Gasteiger partial charge is 0.191 e. The van der Waals surface area contributed by atoms with Gasteiger partial charge in [-0.1, -0.05) is 48.0 Å². The van der Waals surface area contributed by atoms with Crippen LogP contribution >= 0.6 is 0 Å². The maximum Gasteiger partial charge on any atom is 0.191 e. The molecule has 0 spiro atoms. The molecule has 0 bridgehead atoms. The lowest BCUT2D eigenvalue weighted by Crippen LogP contribution is -2.36. The Labute approximate surface area is 97.7 Å². The molecule has 0 saturated heterocycles. The fourth-order valence-electron chi connectivity index (χ4n) is 1.78. The Bertz CT molecular complexity index is 154. The maximum atomic E-state index is 6.25. The van der Waals surface area contributed by atoms with E-state index in [1.165, 1.54) is 31.0 Å². The van der Waals surface area contributed by atoms with Crippen LogP contribution in [0.15, 0.2) is 0 Å². The van der Waals surface area contributed by atoms with E-state index in [2.05, 4.69) is 41.5 Å². The minimum atomic E-state index is -1.33. The minimum absolute atomic E-state index is 0.454. The van der Waals surface area contributed by atoms with Crippen molar-refractivity contribution < 1.29 is 4.43 Å². The van der Waals surface area contributed by atoms with Crippen molar-refractivity contribution in [3.05, 3.63) is 0 Å². The summed E-state index contributed by atoms with van der Waals surface area (Å²) in [5.74, 6) is 0. The molecule has 0 fully saturated rings. The van der Waals surface area contributed by atoms with Gasteiger partial charge in [-0.3, -0.25) is 0 Å². The van der Waals surface area contributed by atoms with E-state index in [9.17, 15) is 0 Å². The van der Waals surface area contributed by atoms with Crippen molar-refractivity contribution in [2.45, 2.75) is 72.5 Å². The Morgan fingerprint density at radius 1 is 0.933 bits per heavy atom. The molecule has 15 heavy (non-hydrogen) atoms. The van der Waals surface area contributed by atoms with Crippen LogP contribution in [0.5, 0.6) is 0 Å². The van der Waals surface area contributed by atoms with E-state index < -0.39 is 8.32 Å². The van der Waals surface area contributed by atoms with Gasteiger partial charge in [0.25, 0.3) is 0 Å². The van der Waals surface area contributed by atoms with Crippen molar-refractivity contribution in [3.63, 3.8) is 0 Å². The molecule has 0 saturated carbocycles. The Hall–Kier alpha value is 0.177. The Balaban J connectivity index is 4.02. The van der Waals surface area contributed by atoms with Gasteiger partial charge in [0.15, 0.2) is 8.32 Å². The van der Waals surface area contributed by atoms with Gasteiger partial charge in [0.1, 0.15) is 0 Å². The third kappa shape index (κ3) is 5.16. The molecule has 0 atom stereocenters. The highest BCUT2D eigenvalue weighted by Gasteiger charge is 2.29. The molecule has 0 aromatic rings. The van der Waals surface area contributed by atoms with Crippen LogP contribution in [0.3, 0.4) is 0 Å². The van der Waals surface area contributed by atoms with Gasteiger partial charge in [0.05, 0.1) is 0 Å². The van der Waals surface area contributed by atoms with Crippen LogP contribution in [0.2, 0.25) is 18.1 Å². The highest BCUT2D eigenvalue weighted by atomic mass is 28.4. The van der Waals surface area contributed by atoms with Crippen LogP contribution in [-0.4, -0.2) is 14.9 Å². The molecule has 0 N–H and O–H groups in total. The molecule has 0 aromatic heterocycles. The summed E-state index contributed by atoms with van der Waals surface area (Å²) in [5, 5.41) is 0. The lowest BCUT2D eigenvalue weighted by atomic mass is 9.87.